The van der Waals surface area contributed by atoms with Gasteiger partial charge < -0.3 is 9.47 Å². The standard InChI is InChI=1S/C15H12O3/c1-10-5-2-3-7-12(10)17-13-8-4-6-11-9-14(16)18-15(11)13/h2-8H,9H2,1H3. The number of carbonyl (C=O) groups is 1. The highest BCUT2D eigenvalue weighted by Gasteiger charge is 2.24. The molecule has 0 spiro atoms. The van der Waals surface area contributed by atoms with E-state index in [1.807, 2.05) is 49.4 Å². The minimum absolute atomic E-state index is 0.231. The number of rotatable bonds is 2. The number of esters is 1. The fourth-order valence-electron chi connectivity index (χ4n) is 1.99. The van der Waals surface area contributed by atoms with Gasteiger partial charge in [-0.15, -0.1) is 0 Å². The van der Waals surface area contributed by atoms with Gasteiger partial charge in [-0.25, -0.2) is 0 Å². The third kappa shape index (κ3) is 1.84. The quantitative estimate of drug-likeness (QED) is 0.597. The Bertz CT molecular complexity index is 617. The first-order chi connectivity index (χ1) is 8.74. The third-order valence-electron chi connectivity index (χ3n) is 2.92. The van der Waals surface area contributed by atoms with E-state index in [1.54, 1.807) is 0 Å². The third-order valence-corrected chi connectivity index (χ3v) is 2.92. The van der Waals surface area contributed by atoms with E-state index in [-0.39, 0.29) is 5.97 Å². The van der Waals surface area contributed by atoms with E-state index >= 15 is 0 Å². The maximum absolute atomic E-state index is 11.3. The largest absolute Gasteiger partial charge is 0.453 e. The van der Waals surface area contributed by atoms with Crippen molar-refractivity contribution in [3.63, 3.8) is 0 Å². The Hall–Kier alpha value is -2.29. The molecule has 0 aliphatic carbocycles. The molecule has 1 aliphatic heterocycles. The van der Waals surface area contributed by atoms with Crippen LogP contribution in [0.1, 0.15) is 11.1 Å². The van der Waals surface area contributed by atoms with E-state index < -0.39 is 0 Å². The summed E-state index contributed by atoms with van der Waals surface area (Å²) in [7, 11) is 0. The van der Waals surface area contributed by atoms with Crippen molar-refractivity contribution in [3.05, 3.63) is 53.6 Å². The first-order valence-corrected chi connectivity index (χ1v) is 5.80. The molecule has 0 N–H and O–H groups in total. The number of carbonyl (C=O) groups excluding carboxylic acids is 1. The molecule has 0 amide bonds. The van der Waals surface area contributed by atoms with Crippen LogP contribution in [-0.2, 0) is 11.2 Å². The van der Waals surface area contributed by atoms with Crippen molar-refractivity contribution in [2.24, 2.45) is 0 Å². The van der Waals surface area contributed by atoms with E-state index in [9.17, 15) is 4.79 Å². The second-order valence-electron chi connectivity index (χ2n) is 4.26. The number of aryl methyl sites for hydroxylation is 1. The lowest BCUT2D eigenvalue weighted by Crippen LogP contribution is -2.00. The molecule has 0 bridgehead atoms. The van der Waals surface area contributed by atoms with Crippen molar-refractivity contribution < 1.29 is 14.3 Å². The molecule has 0 fully saturated rings. The minimum Gasteiger partial charge on any atom is -0.453 e. The van der Waals surface area contributed by atoms with Crippen LogP contribution in [0.5, 0.6) is 17.2 Å². The van der Waals surface area contributed by atoms with Crippen LogP contribution >= 0.6 is 0 Å². The maximum atomic E-state index is 11.3. The van der Waals surface area contributed by atoms with Gasteiger partial charge in [0.1, 0.15) is 5.75 Å². The summed E-state index contributed by atoms with van der Waals surface area (Å²) >= 11 is 0. The first-order valence-electron chi connectivity index (χ1n) is 5.80. The number of hydrogen-bond donors (Lipinski definition) is 0. The summed E-state index contributed by atoms with van der Waals surface area (Å²) in [6.45, 7) is 1.98. The van der Waals surface area contributed by atoms with Crippen molar-refractivity contribution in [3.8, 4) is 17.2 Å². The fourth-order valence-corrected chi connectivity index (χ4v) is 1.99. The smallest absolute Gasteiger partial charge is 0.315 e. The van der Waals surface area contributed by atoms with E-state index in [4.69, 9.17) is 9.47 Å². The Morgan fingerprint density at radius 1 is 1.06 bits per heavy atom. The van der Waals surface area contributed by atoms with Gasteiger partial charge in [-0.2, -0.15) is 0 Å². The normalized spacial score (nSPS) is 13.1. The van der Waals surface area contributed by atoms with Gasteiger partial charge in [0, 0.05) is 5.56 Å². The average Bonchev–Trinajstić information content (AvgIpc) is 2.73. The Labute approximate surface area is 105 Å². The molecule has 0 saturated heterocycles. The molecule has 2 aromatic rings. The lowest BCUT2D eigenvalue weighted by Gasteiger charge is -2.10. The van der Waals surface area contributed by atoms with Crippen LogP contribution < -0.4 is 9.47 Å². The van der Waals surface area contributed by atoms with Crippen LogP contribution in [-0.4, -0.2) is 5.97 Å². The number of benzene rings is 2. The van der Waals surface area contributed by atoms with Crippen molar-refractivity contribution in [2.45, 2.75) is 13.3 Å². The van der Waals surface area contributed by atoms with Crippen LogP contribution in [0.2, 0.25) is 0 Å². The molecule has 90 valence electrons. The molecule has 0 unspecified atom stereocenters. The summed E-state index contributed by atoms with van der Waals surface area (Å²) in [6.07, 6.45) is 0.320. The first kappa shape index (κ1) is 10.8. The van der Waals surface area contributed by atoms with Gasteiger partial charge in [0.05, 0.1) is 6.42 Å². The van der Waals surface area contributed by atoms with E-state index in [2.05, 4.69) is 0 Å². The predicted octanol–water partition coefficient (Wildman–Crippen LogP) is 3.25. The monoisotopic (exact) mass is 240 g/mol. The summed E-state index contributed by atoms with van der Waals surface area (Å²) in [4.78, 5) is 11.3. The van der Waals surface area contributed by atoms with Crippen molar-refractivity contribution in [2.75, 3.05) is 0 Å². The predicted molar refractivity (Wildman–Crippen MR) is 67.0 cm³/mol. The molecule has 2 aromatic carbocycles. The highest BCUT2D eigenvalue weighted by atomic mass is 16.6. The zero-order valence-corrected chi connectivity index (χ0v) is 9.97. The molecule has 3 heteroatoms. The summed E-state index contributed by atoms with van der Waals surface area (Å²) in [5.41, 5.74) is 1.92. The van der Waals surface area contributed by atoms with Gasteiger partial charge in [-0.3, -0.25) is 4.79 Å². The molecule has 0 radical (unpaired) electrons. The Morgan fingerprint density at radius 3 is 2.67 bits per heavy atom. The van der Waals surface area contributed by atoms with Gasteiger partial charge in [0.2, 0.25) is 0 Å². The molecule has 0 saturated carbocycles. The molecular formula is C15H12O3. The summed E-state index contributed by atoms with van der Waals surface area (Å²) < 4.78 is 11.0. The molecule has 18 heavy (non-hydrogen) atoms. The van der Waals surface area contributed by atoms with Gasteiger partial charge in [0.15, 0.2) is 11.5 Å². The molecule has 0 atom stereocenters. The van der Waals surface area contributed by atoms with E-state index in [1.165, 1.54) is 0 Å². The highest BCUT2D eigenvalue weighted by molar-refractivity contribution is 5.82. The van der Waals surface area contributed by atoms with E-state index in [0.717, 1.165) is 16.9 Å². The zero-order chi connectivity index (χ0) is 12.5. The van der Waals surface area contributed by atoms with Crippen LogP contribution in [0.3, 0.4) is 0 Å². The van der Waals surface area contributed by atoms with Crippen LogP contribution in [0, 0.1) is 6.92 Å². The second-order valence-corrected chi connectivity index (χ2v) is 4.26. The second kappa shape index (κ2) is 4.18. The Balaban J connectivity index is 1.98. The molecule has 1 heterocycles. The van der Waals surface area contributed by atoms with Gasteiger partial charge in [-0.05, 0) is 24.6 Å². The fraction of sp³-hybridized carbons (Fsp3) is 0.133. The van der Waals surface area contributed by atoms with Crippen LogP contribution in [0.4, 0.5) is 0 Å². The number of fused-ring (bicyclic) bond motifs is 1. The Kier molecular flexibility index (Phi) is 2.52. The van der Waals surface area contributed by atoms with E-state index in [0.29, 0.717) is 17.9 Å². The molecular weight excluding hydrogens is 228 g/mol. The number of hydrogen-bond acceptors (Lipinski definition) is 3. The molecule has 3 rings (SSSR count). The number of para-hydroxylation sites is 2. The van der Waals surface area contributed by atoms with Crippen molar-refractivity contribution in [1.29, 1.82) is 0 Å². The summed E-state index contributed by atoms with van der Waals surface area (Å²) in [5, 5.41) is 0. The van der Waals surface area contributed by atoms with Crippen LogP contribution in [0.15, 0.2) is 42.5 Å². The average molecular weight is 240 g/mol. The zero-order valence-electron chi connectivity index (χ0n) is 9.97. The van der Waals surface area contributed by atoms with Crippen molar-refractivity contribution >= 4 is 5.97 Å². The maximum Gasteiger partial charge on any atom is 0.315 e. The molecule has 1 aliphatic rings. The molecule has 3 nitrogen and oxygen atoms in total. The highest BCUT2D eigenvalue weighted by Crippen LogP contribution is 2.38. The molecule has 0 aromatic heterocycles. The number of ether oxygens (including phenoxy) is 2. The van der Waals surface area contributed by atoms with Gasteiger partial charge in [0.25, 0.3) is 0 Å². The topological polar surface area (TPSA) is 35.5 Å². The minimum atomic E-state index is -0.231. The van der Waals surface area contributed by atoms with Gasteiger partial charge in [-0.1, -0.05) is 30.3 Å². The summed E-state index contributed by atoms with van der Waals surface area (Å²) in [6, 6.07) is 13.3. The Morgan fingerprint density at radius 2 is 1.83 bits per heavy atom. The summed E-state index contributed by atoms with van der Waals surface area (Å²) in [5.74, 6) is 1.68. The SMILES string of the molecule is Cc1ccccc1Oc1cccc2c1OC(=O)C2. The van der Waals surface area contributed by atoms with Crippen LogP contribution in [0.25, 0.3) is 0 Å². The lowest BCUT2D eigenvalue weighted by molar-refractivity contribution is -0.131. The van der Waals surface area contributed by atoms with Crippen molar-refractivity contribution in [1.82, 2.24) is 0 Å². The van der Waals surface area contributed by atoms with Gasteiger partial charge >= 0.3 is 5.97 Å². The lowest BCUT2D eigenvalue weighted by atomic mass is 10.1.